The molecule has 1 aromatic carbocycles. The van der Waals surface area contributed by atoms with Gasteiger partial charge >= 0.3 is 0 Å². The number of thiocarbonyl (C=S) groups is 1. The molecule has 1 aromatic rings. The summed E-state index contributed by atoms with van der Waals surface area (Å²) in [7, 11) is 1.64. The van der Waals surface area contributed by atoms with E-state index in [4.69, 9.17) is 26.4 Å². The van der Waals surface area contributed by atoms with E-state index in [2.05, 4.69) is 18.7 Å². The van der Waals surface area contributed by atoms with Crippen LogP contribution in [0.3, 0.4) is 0 Å². The normalized spacial score (nSPS) is 22.0. The molecule has 116 valence electrons. The van der Waals surface area contributed by atoms with E-state index in [0.717, 1.165) is 29.4 Å². The molecular weight excluding hydrogens is 286 g/mol. The molecule has 1 aliphatic heterocycles. The van der Waals surface area contributed by atoms with E-state index in [1.807, 2.05) is 25.1 Å². The van der Waals surface area contributed by atoms with Crippen LogP contribution in [0.5, 0.6) is 11.5 Å². The van der Waals surface area contributed by atoms with Crippen molar-refractivity contribution < 1.29 is 14.2 Å². The molecule has 5 heteroatoms. The number of hydrogen-bond acceptors (Lipinski definition) is 4. The predicted octanol–water partition coefficient (Wildman–Crippen LogP) is 2.88. The van der Waals surface area contributed by atoms with Crippen LogP contribution in [0.1, 0.15) is 26.3 Å². The third-order valence-corrected chi connectivity index (χ3v) is 3.91. The lowest BCUT2D eigenvalue weighted by atomic mass is 10.1. The van der Waals surface area contributed by atoms with E-state index in [1.54, 1.807) is 7.11 Å². The fourth-order valence-corrected chi connectivity index (χ4v) is 2.88. The zero-order valence-corrected chi connectivity index (χ0v) is 13.9. The van der Waals surface area contributed by atoms with Gasteiger partial charge in [0.05, 0.1) is 25.9 Å². The van der Waals surface area contributed by atoms with E-state index < -0.39 is 0 Å². The monoisotopic (exact) mass is 309 g/mol. The molecule has 2 rings (SSSR count). The van der Waals surface area contributed by atoms with Crippen molar-refractivity contribution in [3.8, 4) is 11.5 Å². The molecule has 1 saturated heterocycles. The van der Waals surface area contributed by atoms with Crippen molar-refractivity contribution in [2.45, 2.75) is 33.0 Å². The van der Waals surface area contributed by atoms with Crippen LogP contribution in [0.25, 0.3) is 0 Å². The molecule has 4 nitrogen and oxygen atoms in total. The first-order valence-corrected chi connectivity index (χ1v) is 7.71. The number of nitrogens with zero attached hydrogens (tertiary/aromatic N) is 1. The maximum atomic E-state index is 5.75. The standard InChI is InChI=1S/C16H23NO3S/c1-5-19-14-7-6-13(8-15(14)18-4)16(21)17-9-11(2)20-12(3)10-17/h6-8,11-12H,5,9-10H2,1-4H3/t11-,12+. The largest absolute Gasteiger partial charge is 0.493 e. The summed E-state index contributed by atoms with van der Waals surface area (Å²) in [5, 5.41) is 0. The van der Waals surface area contributed by atoms with Gasteiger partial charge in [0.2, 0.25) is 0 Å². The number of morpholine rings is 1. The summed E-state index contributed by atoms with van der Waals surface area (Å²) in [6.07, 6.45) is 0.382. The molecule has 0 unspecified atom stereocenters. The summed E-state index contributed by atoms with van der Waals surface area (Å²) in [6, 6.07) is 5.84. The first-order valence-electron chi connectivity index (χ1n) is 7.30. The summed E-state index contributed by atoms with van der Waals surface area (Å²) >= 11 is 5.64. The summed E-state index contributed by atoms with van der Waals surface area (Å²) < 4.78 is 16.7. The first kappa shape index (κ1) is 16.0. The van der Waals surface area contributed by atoms with Crippen molar-refractivity contribution in [3.63, 3.8) is 0 Å². The minimum Gasteiger partial charge on any atom is -0.493 e. The third-order valence-electron chi connectivity index (χ3n) is 3.42. The highest BCUT2D eigenvalue weighted by Crippen LogP contribution is 2.29. The van der Waals surface area contributed by atoms with E-state index >= 15 is 0 Å². The van der Waals surface area contributed by atoms with Crippen LogP contribution in [0.15, 0.2) is 18.2 Å². The van der Waals surface area contributed by atoms with E-state index in [9.17, 15) is 0 Å². The van der Waals surface area contributed by atoms with Crippen molar-refractivity contribution in [2.24, 2.45) is 0 Å². The SMILES string of the molecule is CCOc1ccc(C(=S)N2C[C@@H](C)O[C@@H](C)C2)cc1OC. The van der Waals surface area contributed by atoms with Crippen LogP contribution in [-0.4, -0.2) is 48.9 Å². The molecule has 1 fully saturated rings. The van der Waals surface area contributed by atoms with Crippen LogP contribution in [-0.2, 0) is 4.74 Å². The maximum Gasteiger partial charge on any atom is 0.161 e. The van der Waals surface area contributed by atoms with Gasteiger partial charge in [-0.3, -0.25) is 0 Å². The predicted molar refractivity (Wildman–Crippen MR) is 87.4 cm³/mol. The Morgan fingerprint density at radius 2 is 1.95 bits per heavy atom. The van der Waals surface area contributed by atoms with Gasteiger partial charge in [-0.15, -0.1) is 0 Å². The molecule has 0 amide bonds. The quantitative estimate of drug-likeness (QED) is 0.798. The van der Waals surface area contributed by atoms with Crippen LogP contribution in [0, 0.1) is 0 Å². The Morgan fingerprint density at radius 1 is 1.29 bits per heavy atom. The van der Waals surface area contributed by atoms with Crippen molar-refractivity contribution in [3.05, 3.63) is 23.8 Å². The summed E-state index contributed by atoms with van der Waals surface area (Å²) in [5.41, 5.74) is 0.978. The van der Waals surface area contributed by atoms with Crippen LogP contribution < -0.4 is 9.47 Å². The Kier molecular flexibility index (Phi) is 5.42. The van der Waals surface area contributed by atoms with Gasteiger partial charge in [0.15, 0.2) is 11.5 Å². The molecule has 21 heavy (non-hydrogen) atoms. The number of rotatable bonds is 4. The lowest BCUT2D eigenvalue weighted by Crippen LogP contribution is -2.47. The maximum absolute atomic E-state index is 5.75. The van der Waals surface area contributed by atoms with Crippen molar-refractivity contribution in [2.75, 3.05) is 26.8 Å². The molecular formula is C16H23NO3S. The lowest BCUT2D eigenvalue weighted by Gasteiger charge is -2.37. The second-order valence-electron chi connectivity index (χ2n) is 5.27. The molecule has 0 saturated carbocycles. The number of benzene rings is 1. The highest BCUT2D eigenvalue weighted by molar-refractivity contribution is 7.80. The number of ether oxygens (including phenoxy) is 3. The third kappa shape index (κ3) is 3.86. The van der Waals surface area contributed by atoms with E-state index in [-0.39, 0.29) is 12.2 Å². The summed E-state index contributed by atoms with van der Waals surface area (Å²) in [6.45, 7) is 8.35. The molecule has 0 spiro atoms. The van der Waals surface area contributed by atoms with Crippen molar-refractivity contribution in [1.82, 2.24) is 4.90 Å². The Balaban J connectivity index is 2.19. The molecule has 1 heterocycles. The van der Waals surface area contributed by atoms with Gasteiger partial charge < -0.3 is 19.1 Å². The lowest BCUT2D eigenvalue weighted by molar-refractivity contribution is -0.0472. The minimum absolute atomic E-state index is 0.191. The highest BCUT2D eigenvalue weighted by atomic mass is 32.1. The van der Waals surface area contributed by atoms with E-state index in [0.29, 0.717) is 12.4 Å². The molecule has 1 aliphatic rings. The van der Waals surface area contributed by atoms with E-state index in [1.165, 1.54) is 0 Å². The van der Waals surface area contributed by atoms with Gasteiger partial charge in [0.25, 0.3) is 0 Å². The van der Waals surface area contributed by atoms with Gasteiger partial charge in [-0.2, -0.15) is 0 Å². The zero-order valence-electron chi connectivity index (χ0n) is 13.1. The second-order valence-corrected chi connectivity index (χ2v) is 5.65. The summed E-state index contributed by atoms with van der Waals surface area (Å²) in [4.78, 5) is 3.03. The fourth-order valence-electron chi connectivity index (χ4n) is 2.60. The highest BCUT2D eigenvalue weighted by Gasteiger charge is 2.24. The van der Waals surface area contributed by atoms with Gasteiger partial charge in [-0.25, -0.2) is 0 Å². The molecule has 0 N–H and O–H groups in total. The number of methoxy groups -OCH3 is 1. The summed E-state index contributed by atoms with van der Waals surface area (Å²) in [5.74, 6) is 1.46. The molecule has 2 atom stereocenters. The van der Waals surface area contributed by atoms with Gasteiger partial charge in [0.1, 0.15) is 4.99 Å². The zero-order chi connectivity index (χ0) is 15.4. The average molecular weight is 309 g/mol. The second kappa shape index (κ2) is 7.09. The molecule has 0 aromatic heterocycles. The van der Waals surface area contributed by atoms with Crippen LogP contribution in [0.2, 0.25) is 0 Å². The number of hydrogen-bond donors (Lipinski definition) is 0. The van der Waals surface area contributed by atoms with Crippen molar-refractivity contribution in [1.29, 1.82) is 0 Å². The molecule has 0 bridgehead atoms. The minimum atomic E-state index is 0.191. The first-order chi connectivity index (χ1) is 10.0. The Labute approximate surface area is 132 Å². The van der Waals surface area contributed by atoms with Gasteiger partial charge in [0, 0.05) is 18.7 Å². The molecule has 0 aliphatic carbocycles. The average Bonchev–Trinajstić information content (AvgIpc) is 2.46. The van der Waals surface area contributed by atoms with Gasteiger partial charge in [-0.1, -0.05) is 12.2 Å². The van der Waals surface area contributed by atoms with Crippen LogP contribution in [0.4, 0.5) is 0 Å². The topological polar surface area (TPSA) is 30.9 Å². The Hall–Kier alpha value is -1.33. The van der Waals surface area contributed by atoms with Crippen LogP contribution >= 0.6 is 12.2 Å². The Bertz CT molecular complexity index is 496. The van der Waals surface area contributed by atoms with Gasteiger partial charge in [-0.05, 0) is 39.0 Å². The van der Waals surface area contributed by atoms with Crippen molar-refractivity contribution >= 4 is 17.2 Å². The molecule has 0 radical (unpaired) electrons. The smallest absolute Gasteiger partial charge is 0.161 e. The fraction of sp³-hybridized carbons (Fsp3) is 0.562. The Morgan fingerprint density at radius 3 is 2.52 bits per heavy atom.